The molecule has 4 nitrogen and oxygen atoms in total. The molecular formula is C14H25N3O. The predicted molar refractivity (Wildman–Crippen MR) is 70.8 cm³/mol. The highest BCUT2D eigenvalue weighted by molar-refractivity contribution is 5.85. The van der Waals surface area contributed by atoms with E-state index in [1.807, 2.05) is 0 Å². The van der Waals surface area contributed by atoms with Crippen molar-refractivity contribution in [2.45, 2.75) is 56.5 Å². The van der Waals surface area contributed by atoms with Crippen LogP contribution in [-0.2, 0) is 4.79 Å². The minimum atomic E-state index is -0.773. The molecule has 3 rings (SSSR count). The number of amides is 1. The zero-order valence-electron chi connectivity index (χ0n) is 11.1. The number of carbonyl (C=O) groups is 1. The molecule has 1 heterocycles. The highest BCUT2D eigenvalue weighted by atomic mass is 16.1. The van der Waals surface area contributed by atoms with E-state index in [0.717, 1.165) is 25.3 Å². The molecule has 4 N–H and O–H groups in total. The number of hydrogen-bond donors (Lipinski definition) is 2. The fourth-order valence-corrected chi connectivity index (χ4v) is 4.10. The predicted octanol–water partition coefficient (Wildman–Crippen LogP) is 0.844. The normalized spacial score (nSPS) is 36.1. The number of fused-ring (bicyclic) bond motifs is 1. The lowest BCUT2D eigenvalue weighted by atomic mass is 9.87. The number of likely N-dealkylation sites (tertiary alicyclic amines) is 1. The van der Waals surface area contributed by atoms with Gasteiger partial charge in [0.2, 0.25) is 5.91 Å². The Hall–Kier alpha value is -0.610. The molecule has 1 aliphatic heterocycles. The van der Waals surface area contributed by atoms with Crippen LogP contribution in [0.1, 0.15) is 44.9 Å². The van der Waals surface area contributed by atoms with Crippen molar-refractivity contribution in [3.8, 4) is 0 Å². The number of primary amides is 1. The lowest BCUT2D eigenvalue weighted by molar-refractivity contribution is -0.125. The summed E-state index contributed by atoms with van der Waals surface area (Å²) in [6, 6.07) is 0.666. The molecule has 0 aromatic rings. The van der Waals surface area contributed by atoms with Crippen LogP contribution in [0.15, 0.2) is 0 Å². The average molecular weight is 251 g/mol. The molecule has 2 aliphatic carbocycles. The maximum atomic E-state index is 11.7. The van der Waals surface area contributed by atoms with Crippen molar-refractivity contribution in [2.75, 3.05) is 13.1 Å². The summed E-state index contributed by atoms with van der Waals surface area (Å²) in [4.78, 5) is 14.2. The van der Waals surface area contributed by atoms with Crippen LogP contribution in [0.2, 0.25) is 0 Å². The summed E-state index contributed by atoms with van der Waals surface area (Å²) in [6.45, 7) is 1.79. The Labute approximate surface area is 109 Å². The van der Waals surface area contributed by atoms with Gasteiger partial charge in [-0.05, 0) is 56.9 Å². The van der Waals surface area contributed by atoms with Gasteiger partial charge in [0, 0.05) is 12.6 Å². The first kappa shape index (κ1) is 12.4. The van der Waals surface area contributed by atoms with Crippen molar-refractivity contribution in [2.24, 2.45) is 23.3 Å². The lowest BCUT2D eigenvalue weighted by Gasteiger charge is -2.42. The largest absolute Gasteiger partial charge is 0.368 e. The fraction of sp³-hybridized carbons (Fsp3) is 0.929. The van der Waals surface area contributed by atoms with Crippen LogP contribution in [-0.4, -0.2) is 35.5 Å². The number of rotatable bonds is 4. The van der Waals surface area contributed by atoms with Gasteiger partial charge in [0.25, 0.3) is 0 Å². The number of hydrogen-bond acceptors (Lipinski definition) is 3. The number of nitrogens with zero attached hydrogens (tertiary/aromatic N) is 1. The molecule has 102 valence electrons. The van der Waals surface area contributed by atoms with Crippen molar-refractivity contribution in [3.63, 3.8) is 0 Å². The minimum Gasteiger partial charge on any atom is -0.368 e. The van der Waals surface area contributed by atoms with Crippen molar-refractivity contribution in [3.05, 3.63) is 0 Å². The van der Waals surface area contributed by atoms with Gasteiger partial charge < -0.3 is 11.5 Å². The molecule has 0 spiro atoms. The van der Waals surface area contributed by atoms with E-state index >= 15 is 0 Å². The van der Waals surface area contributed by atoms with Crippen LogP contribution < -0.4 is 11.5 Å². The van der Waals surface area contributed by atoms with Crippen LogP contribution in [0.3, 0.4) is 0 Å². The maximum Gasteiger partial charge on any atom is 0.239 e. The molecule has 3 fully saturated rings. The topological polar surface area (TPSA) is 72.3 Å². The molecular weight excluding hydrogens is 226 g/mol. The highest BCUT2D eigenvalue weighted by Crippen LogP contribution is 2.42. The van der Waals surface area contributed by atoms with Gasteiger partial charge in [-0.2, -0.15) is 0 Å². The molecule has 1 saturated heterocycles. The fourth-order valence-electron chi connectivity index (χ4n) is 4.10. The van der Waals surface area contributed by atoms with Crippen molar-refractivity contribution >= 4 is 5.91 Å². The molecule has 4 heteroatoms. The summed E-state index contributed by atoms with van der Waals surface area (Å²) >= 11 is 0. The van der Waals surface area contributed by atoms with E-state index < -0.39 is 5.54 Å². The Morgan fingerprint density at radius 1 is 1.17 bits per heavy atom. The Bertz CT molecular complexity index is 342. The first-order valence-corrected chi connectivity index (χ1v) is 7.44. The van der Waals surface area contributed by atoms with Gasteiger partial charge in [-0.3, -0.25) is 9.69 Å². The van der Waals surface area contributed by atoms with Gasteiger partial charge in [-0.25, -0.2) is 0 Å². The van der Waals surface area contributed by atoms with Crippen molar-refractivity contribution < 1.29 is 4.79 Å². The van der Waals surface area contributed by atoms with E-state index in [4.69, 9.17) is 11.5 Å². The quantitative estimate of drug-likeness (QED) is 0.778. The van der Waals surface area contributed by atoms with Crippen molar-refractivity contribution in [1.82, 2.24) is 4.90 Å². The third-order valence-electron chi connectivity index (χ3n) is 5.34. The van der Waals surface area contributed by atoms with E-state index in [2.05, 4.69) is 4.90 Å². The lowest BCUT2D eigenvalue weighted by Crippen LogP contribution is -2.62. The Morgan fingerprint density at radius 3 is 2.56 bits per heavy atom. The van der Waals surface area contributed by atoms with Gasteiger partial charge in [0.15, 0.2) is 0 Å². The van der Waals surface area contributed by atoms with E-state index in [-0.39, 0.29) is 5.91 Å². The molecule has 0 aromatic heterocycles. The van der Waals surface area contributed by atoms with Crippen LogP contribution in [0.25, 0.3) is 0 Å². The third kappa shape index (κ3) is 2.05. The number of nitrogens with two attached hydrogens (primary N) is 2. The molecule has 0 bridgehead atoms. The summed E-state index contributed by atoms with van der Waals surface area (Å²) in [5, 5.41) is 0. The van der Waals surface area contributed by atoms with Crippen LogP contribution in [0.5, 0.6) is 0 Å². The van der Waals surface area contributed by atoms with E-state index in [0.29, 0.717) is 18.5 Å². The second kappa shape index (κ2) is 4.49. The average Bonchev–Trinajstić information content (AvgIpc) is 3.08. The summed E-state index contributed by atoms with van der Waals surface area (Å²) in [7, 11) is 0. The molecule has 3 aliphatic rings. The molecule has 3 atom stereocenters. The third-order valence-corrected chi connectivity index (χ3v) is 5.34. The first-order chi connectivity index (χ1) is 8.61. The number of carbonyl (C=O) groups excluding carboxylic acids is 1. The molecule has 1 amide bonds. The first-order valence-electron chi connectivity index (χ1n) is 7.44. The second-order valence-electron chi connectivity index (χ2n) is 6.55. The zero-order valence-corrected chi connectivity index (χ0v) is 11.1. The SMILES string of the molecule is NC(=O)C(N)(CN1CCCC2CCCC21)C1CC1. The second-order valence-corrected chi connectivity index (χ2v) is 6.55. The van der Waals surface area contributed by atoms with Crippen LogP contribution in [0.4, 0.5) is 0 Å². The zero-order chi connectivity index (χ0) is 12.8. The number of piperidine rings is 1. The molecule has 0 radical (unpaired) electrons. The minimum absolute atomic E-state index is 0.301. The molecule has 3 unspecified atom stereocenters. The molecule has 2 saturated carbocycles. The van der Waals surface area contributed by atoms with Gasteiger partial charge >= 0.3 is 0 Å². The Balaban J connectivity index is 1.72. The molecule has 18 heavy (non-hydrogen) atoms. The van der Waals surface area contributed by atoms with Gasteiger partial charge in [-0.15, -0.1) is 0 Å². The van der Waals surface area contributed by atoms with Crippen LogP contribution in [0, 0.1) is 11.8 Å². The van der Waals surface area contributed by atoms with E-state index in [9.17, 15) is 4.79 Å². The Kier molecular flexibility index (Phi) is 3.10. The standard InChI is InChI=1S/C14H25N3O/c15-13(18)14(16,11-6-7-11)9-17-8-2-4-10-3-1-5-12(10)17/h10-12H,1-9,16H2,(H2,15,18). The molecule has 0 aromatic carbocycles. The summed E-state index contributed by atoms with van der Waals surface area (Å²) < 4.78 is 0. The summed E-state index contributed by atoms with van der Waals surface area (Å²) in [5.41, 5.74) is 11.1. The summed E-state index contributed by atoms with van der Waals surface area (Å²) in [6.07, 6.45) is 8.73. The maximum absolute atomic E-state index is 11.7. The highest BCUT2D eigenvalue weighted by Gasteiger charge is 2.49. The van der Waals surface area contributed by atoms with Crippen LogP contribution >= 0.6 is 0 Å². The van der Waals surface area contributed by atoms with E-state index in [1.54, 1.807) is 0 Å². The van der Waals surface area contributed by atoms with Gasteiger partial charge in [0.1, 0.15) is 5.54 Å². The summed E-state index contributed by atoms with van der Waals surface area (Å²) in [5.74, 6) is 0.872. The monoisotopic (exact) mass is 251 g/mol. The van der Waals surface area contributed by atoms with E-state index in [1.165, 1.54) is 32.1 Å². The van der Waals surface area contributed by atoms with Gasteiger partial charge in [-0.1, -0.05) is 6.42 Å². The van der Waals surface area contributed by atoms with Crippen molar-refractivity contribution in [1.29, 1.82) is 0 Å². The van der Waals surface area contributed by atoms with Gasteiger partial charge in [0.05, 0.1) is 0 Å². The Morgan fingerprint density at radius 2 is 1.89 bits per heavy atom. The smallest absolute Gasteiger partial charge is 0.239 e.